The van der Waals surface area contributed by atoms with E-state index in [9.17, 15) is 9.59 Å². The number of piperidine rings is 1. The zero-order valence-electron chi connectivity index (χ0n) is 12.1. The maximum atomic E-state index is 12.6. The summed E-state index contributed by atoms with van der Waals surface area (Å²) in [6, 6.07) is 5.72. The fourth-order valence-corrected chi connectivity index (χ4v) is 3.83. The second-order valence-corrected chi connectivity index (χ2v) is 7.57. The molecule has 0 radical (unpaired) electrons. The molecule has 6 heteroatoms. The monoisotopic (exact) mass is 432 g/mol. The number of benzene rings is 1. The summed E-state index contributed by atoms with van der Waals surface area (Å²) < 4.78 is 0.865. The SMILES string of the molecule is O=C(NC1CC1)C1CCN(C(=O)c2ccc(Cl)cc2I)CC1. The number of carbonyl (C=O) groups is 2. The van der Waals surface area contributed by atoms with E-state index in [1.165, 1.54) is 0 Å². The molecule has 0 unspecified atom stereocenters. The quantitative estimate of drug-likeness (QED) is 0.746. The summed E-state index contributed by atoms with van der Waals surface area (Å²) in [6.07, 6.45) is 3.71. The lowest BCUT2D eigenvalue weighted by atomic mass is 9.95. The molecule has 1 N–H and O–H groups in total. The Morgan fingerprint density at radius 2 is 1.86 bits per heavy atom. The summed E-state index contributed by atoms with van der Waals surface area (Å²) in [6.45, 7) is 1.28. The molecule has 1 aliphatic heterocycles. The second-order valence-electron chi connectivity index (χ2n) is 5.97. The number of hydrogen-bond acceptors (Lipinski definition) is 2. The van der Waals surface area contributed by atoms with Crippen LogP contribution in [0.15, 0.2) is 18.2 Å². The van der Waals surface area contributed by atoms with Crippen molar-refractivity contribution in [1.29, 1.82) is 0 Å². The maximum Gasteiger partial charge on any atom is 0.254 e. The van der Waals surface area contributed by atoms with E-state index in [0.717, 1.165) is 29.3 Å². The Hall–Kier alpha value is -0.820. The first-order chi connectivity index (χ1) is 10.5. The molecule has 2 aliphatic rings. The van der Waals surface area contributed by atoms with Crippen LogP contribution in [0.3, 0.4) is 0 Å². The van der Waals surface area contributed by atoms with Gasteiger partial charge in [0.15, 0.2) is 0 Å². The number of halogens is 2. The highest BCUT2D eigenvalue weighted by molar-refractivity contribution is 14.1. The molecule has 3 rings (SSSR count). The summed E-state index contributed by atoms with van der Waals surface area (Å²) in [5.74, 6) is 0.242. The van der Waals surface area contributed by atoms with Gasteiger partial charge in [-0.05, 0) is 66.5 Å². The van der Waals surface area contributed by atoms with E-state index in [1.807, 2.05) is 4.90 Å². The van der Waals surface area contributed by atoms with Crippen LogP contribution in [0.1, 0.15) is 36.0 Å². The third-order valence-corrected chi connectivity index (χ3v) is 5.37. The van der Waals surface area contributed by atoms with Gasteiger partial charge in [0.2, 0.25) is 5.91 Å². The second kappa shape index (κ2) is 6.74. The van der Waals surface area contributed by atoms with Gasteiger partial charge in [-0.1, -0.05) is 11.6 Å². The van der Waals surface area contributed by atoms with Gasteiger partial charge >= 0.3 is 0 Å². The number of amides is 2. The topological polar surface area (TPSA) is 49.4 Å². The van der Waals surface area contributed by atoms with Gasteiger partial charge in [0.25, 0.3) is 5.91 Å². The molecule has 0 atom stereocenters. The van der Waals surface area contributed by atoms with Gasteiger partial charge in [0.05, 0.1) is 5.56 Å². The minimum Gasteiger partial charge on any atom is -0.353 e. The first kappa shape index (κ1) is 16.1. The van der Waals surface area contributed by atoms with Crippen molar-refractivity contribution < 1.29 is 9.59 Å². The molecule has 1 aromatic carbocycles. The first-order valence-electron chi connectivity index (χ1n) is 7.59. The van der Waals surface area contributed by atoms with Crippen molar-refractivity contribution >= 4 is 46.0 Å². The van der Waals surface area contributed by atoms with Crippen LogP contribution in [-0.2, 0) is 4.79 Å². The summed E-state index contributed by atoms with van der Waals surface area (Å²) in [7, 11) is 0. The fourth-order valence-electron chi connectivity index (χ4n) is 2.72. The number of nitrogens with one attached hydrogen (secondary N) is 1. The van der Waals surface area contributed by atoms with Crippen LogP contribution in [0.25, 0.3) is 0 Å². The van der Waals surface area contributed by atoms with Gasteiger partial charge in [-0.25, -0.2) is 0 Å². The van der Waals surface area contributed by atoms with Gasteiger partial charge in [-0.2, -0.15) is 0 Å². The normalized spacial score (nSPS) is 19.1. The zero-order valence-corrected chi connectivity index (χ0v) is 15.1. The molecule has 4 nitrogen and oxygen atoms in total. The smallest absolute Gasteiger partial charge is 0.254 e. The highest BCUT2D eigenvalue weighted by Gasteiger charge is 2.31. The zero-order chi connectivity index (χ0) is 15.7. The molecule has 2 fully saturated rings. The van der Waals surface area contributed by atoms with Gasteiger partial charge in [-0.15, -0.1) is 0 Å². The molecular weight excluding hydrogens is 415 g/mol. The van der Waals surface area contributed by atoms with Gasteiger partial charge in [0.1, 0.15) is 0 Å². The predicted octanol–water partition coefficient (Wildman–Crippen LogP) is 3.08. The molecule has 1 saturated heterocycles. The third kappa shape index (κ3) is 3.74. The predicted molar refractivity (Wildman–Crippen MR) is 94.0 cm³/mol. The van der Waals surface area contributed by atoms with Crippen molar-refractivity contribution in [3.05, 3.63) is 32.4 Å². The van der Waals surface area contributed by atoms with Crippen molar-refractivity contribution in [1.82, 2.24) is 10.2 Å². The molecule has 118 valence electrons. The van der Waals surface area contributed by atoms with E-state index in [-0.39, 0.29) is 17.7 Å². The standard InChI is InChI=1S/C16H18ClIN2O2/c17-11-1-4-13(14(18)9-11)16(22)20-7-5-10(6-8-20)15(21)19-12-2-3-12/h1,4,9-10,12H,2-3,5-8H2,(H,19,21). The average molecular weight is 433 g/mol. The number of nitrogens with zero attached hydrogens (tertiary/aromatic N) is 1. The first-order valence-corrected chi connectivity index (χ1v) is 9.05. The highest BCUT2D eigenvalue weighted by Crippen LogP contribution is 2.25. The van der Waals surface area contributed by atoms with Crippen molar-refractivity contribution in [2.75, 3.05) is 13.1 Å². The summed E-state index contributed by atoms with van der Waals surface area (Å²) in [4.78, 5) is 26.5. The number of carbonyl (C=O) groups excluding carboxylic acids is 2. The lowest BCUT2D eigenvalue weighted by molar-refractivity contribution is -0.126. The van der Waals surface area contributed by atoms with E-state index in [2.05, 4.69) is 27.9 Å². The lowest BCUT2D eigenvalue weighted by Gasteiger charge is -2.31. The fraction of sp³-hybridized carbons (Fsp3) is 0.500. The Bertz CT molecular complexity index is 596. The van der Waals surface area contributed by atoms with Crippen LogP contribution >= 0.6 is 34.2 Å². The van der Waals surface area contributed by atoms with Crippen LogP contribution < -0.4 is 5.32 Å². The molecule has 1 heterocycles. The minimum atomic E-state index is 0.0297. The number of likely N-dealkylation sites (tertiary alicyclic amines) is 1. The minimum absolute atomic E-state index is 0.0297. The average Bonchev–Trinajstić information content (AvgIpc) is 3.31. The van der Waals surface area contributed by atoms with E-state index in [1.54, 1.807) is 18.2 Å². The van der Waals surface area contributed by atoms with Gasteiger partial charge in [-0.3, -0.25) is 9.59 Å². The van der Waals surface area contributed by atoms with Crippen molar-refractivity contribution in [2.45, 2.75) is 31.7 Å². The van der Waals surface area contributed by atoms with E-state index in [4.69, 9.17) is 11.6 Å². The Balaban J connectivity index is 1.58. The Kier molecular flexibility index (Phi) is 4.92. The molecule has 0 bridgehead atoms. The Labute approximate surface area is 148 Å². The molecule has 1 aliphatic carbocycles. The molecule has 22 heavy (non-hydrogen) atoms. The Morgan fingerprint density at radius 3 is 2.45 bits per heavy atom. The van der Waals surface area contributed by atoms with Crippen molar-refractivity contribution in [2.24, 2.45) is 5.92 Å². The highest BCUT2D eigenvalue weighted by atomic mass is 127. The number of hydrogen-bond donors (Lipinski definition) is 1. The molecule has 0 aromatic heterocycles. The van der Waals surface area contributed by atoms with Crippen molar-refractivity contribution in [3.8, 4) is 0 Å². The van der Waals surface area contributed by atoms with E-state index < -0.39 is 0 Å². The van der Waals surface area contributed by atoms with Gasteiger partial charge in [0, 0.05) is 33.6 Å². The third-order valence-electron chi connectivity index (χ3n) is 4.24. The molecule has 1 aromatic rings. The Morgan fingerprint density at radius 1 is 1.18 bits per heavy atom. The lowest BCUT2D eigenvalue weighted by Crippen LogP contribution is -2.43. The number of rotatable bonds is 3. The maximum absolute atomic E-state index is 12.6. The van der Waals surface area contributed by atoms with Crippen LogP contribution in [0.5, 0.6) is 0 Å². The molecule has 1 saturated carbocycles. The van der Waals surface area contributed by atoms with E-state index in [0.29, 0.717) is 29.7 Å². The molecule has 2 amide bonds. The van der Waals surface area contributed by atoms with Crippen LogP contribution in [0, 0.1) is 9.49 Å². The summed E-state index contributed by atoms with van der Waals surface area (Å²) >= 11 is 8.07. The molecule has 0 spiro atoms. The van der Waals surface area contributed by atoms with Gasteiger partial charge < -0.3 is 10.2 Å². The largest absolute Gasteiger partial charge is 0.353 e. The van der Waals surface area contributed by atoms with Crippen LogP contribution in [0.2, 0.25) is 5.02 Å². The van der Waals surface area contributed by atoms with Crippen molar-refractivity contribution in [3.63, 3.8) is 0 Å². The van der Waals surface area contributed by atoms with E-state index >= 15 is 0 Å². The molecular formula is C16H18ClIN2O2. The van der Waals surface area contributed by atoms with Crippen LogP contribution in [-0.4, -0.2) is 35.8 Å². The summed E-state index contributed by atoms with van der Waals surface area (Å²) in [5.41, 5.74) is 0.686. The van der Waals surface area contributed by atoms with Crippen LogP contribution in [0.4, 0.5) is 0 Å². The summed E-state index contributed by atoms with van der Waals surface area (Å²) in [5, 5.41) is 3.69.